The van der Waals surface area contributed by atoms with Gasteiger partial charge < -0.3 is 0 Å². The van der Waals surface area contributed by atoms with E-state index >= 15 is 0 Å². The molecule has 0 saturated carbocycles. The lowest BCUT2D eigenvalue weighted by Gasteiger charge is -2.16. The maximum atomic E-state index is 11.6. The molecule has 1 aromatic heterocycles. The van der Waals surface area contributed by atoms with Crippen LogP contribution in [0.25, 0.3) is 0 Å². The van der Waals surface area contributed by atoms with Crippen LogP contribution >= 0.6 is 11.3 Å². The first-order chi connectivity index (χ1) is 5.63. The van der Waals surface area contributed by atoms with Gasteiger partial charge in [-0.05, 0) is 32.5 Å². The molecule has 1 rings (SSSR count). The van der Waals surface area contributed by atoms with Crippen LogP contribution in [0, 0.1) is 0 Å². The molecular weight excluding hydrogens is 170 g/mol. The highest BCUT2D eigenvalue weighted by Crippen LogP contribution is 2.12. The third-order valence-corrected chi connectivity index (χ3v) is 2.80. The zero-order valence-corrected chi connectivity index (χ0v) is 8.39. The van der Waals surface area contributed by atoms with E-state index in [2.05, 4.69) is 0 Å². The lowest BCUT2D eigenvalue weighted by Crippen LogP contribution is -2.32. The van der Waals surface area contributed by atoms with Gasteiger partial charge in [-0.2, -0.15) is 0 Å². The van der Waals surface area contributed by atoms with Crippen LogP contribution in [-0.2, 0) is 0 Å². The number of ketones is 1. The number of carbonyl (C=O) groups is 1. The third-order valence-electron chi connectivity index (χ3n) is 1.92. The molecule has 0 aliphatic carbocycles. The van der Waals surface area contributed by atoms with Gasteiger partial charge in [0.1, 0.15) is 0 Å². The van der Waals surface area contributed by atoms with Crippen molar-refractivity contribution in [2.75, 3.05) is 14.1 Å². The van der Waals surface area contributed by atoms with Crippen molar-refractivity contribution < 1.29 is 4.79 Å². The largest absolute Gasteiger partial charge is 0.300 e. The zero-order valence-electron chi connectivity index (χ0n) is 7.57. The van der Waals surface area contributed by atoms with Crippen molar-refractivity contribution >= 4 is 17.1 Å². The van der Waals surface area contributed by atoms with E-state index < -0.39 is 0 Å². The van der Waals surface area contributed by atoms with E-state index in [0.29, 0.717) is 0 Å². The van der Waals surface area contributed by atoms with Crippen LogP contribution in [0.5, 0.6) is 0 Å². The van der Waals surface area contributed by atoms with E-state index in [1.54, 1.807) is 0 Å². The van der Waals surface area contributed by atoms with Gasteiger partial charge in [-0.15, -0.1) is 11.3 Å². The van der Waals surface area contributed by atoms with Gasteiger partial charge in [0.15, 0.2) is 5.78 Å². The summed E-state index contributed by atoms with van der Waals surface area (Å²) in [5.41, 5.74) is 0. The fourth-order valence-electron chi connectivity index (χ4n) is 0.859. The fourth-order valence-corrected chi connectivity index (χ4v) is 1.61. The predicted octanol–water partition coefficient (Wildman–Crippen LogP) is 1.88. The van der Waals surface area contributed by atoms with Crippen molar-refractivity contribution in [1.82, 2.24) is 4.90 Å². The van der Waals surface area contributed by atoms with Crippen molar-refractivity contribution in [2.45, 2.75) is 13.0 Å². The summed E-state index contributed by atoms with van der Waals surface area (Å²) >= 11 is 1.50. The smallest absolute Gasteiger partial charge is 0.189 e. The molecule has 3 heteroatoms. The lowest BCUT2D eigenvalue weighted by atomic mass is 10.2. The van der Waals surface area contributed by atoms with Gasteiger partial charge in [0.25, 0.3) is 0 Å². The topological polar surface area (TPSA) is 20.3 Å². The summed E-state index contributed by atoms with van der Waals surface area (Å²) in [5.74, 6) is 0.204. The van der Waals surface area contributed by atoms with Crippen molar-refractivity contribution in [1.29, 1.82) is 0 Å². The highest BCUT2D eigenvalue weighted by atomic mass is 32.1. The molecule has 0 aliphatic rings. The maximum absolute atomic E-state index is 11.6. The summed E-state index contributed by atoms with van der Waals surface area (Å²) in [4.78, 5) is 14.4. The minimum absolute atomic E-state index is 0.0244. The maximum Gasteiger partial charge on any atom is 0.189 e. The number of thiophene rings is 1. The number of rotatable bonds is 3. The number of nitrogens with zero attached hydrogens (tertiary/aromatic N) is 1. The van der Waals surface area contributed by atoms with Gasteiger partial charge in [0, 0.05) is 0 Å². The molecule has 12 heavy (non-hydrogen) atoms. The molecule has 1 aromatic rings. The second-order valence-corrected chi connectivity index (χ2v) is 3.93. The Bertz CT molecular complexity index is 254. The summed E-state index contributed by atoms with van der Waals surface area (Å²) in [5, 5.41) is 1.93. The molecule has 0 amide bonds. The summed E-state index contributed by atoms with van der Waals surface area (Å²) in [6.45, 7) is 1.92. The summed E-state index contributed by atoms with van der Waals surface area (Å²) in [6, 6.07) is 3.75. The highest BCUT2D eigenvalue weighted by molar-refractivity contribution is 7.12. The van der Waals surface area contributed by atoms with E-state index in [-0.39, 0.29) is 11.8 Å². The van der Waals surface area contributed by atoms with Crippen LogP contribution < -0.4 is 0 Å². The van der Waals surface area contributed by atoms with Crippen LogP contribution in [-0.4, -0.2) is 30.8 Å². The van der Waals surface area contributed by atoms with Gasteiger partial charge in [0.2, 0.25) is 0 Å². The van der Waals surface area contributed by atoms with Gasteiger partial charge in [0.05, 0.1) is 10.9 Å². The van der Waals surface area contributed by atoms with Gasteiger partial charge in [-0.3, -0.25) is 9.69 Å². The Hall–Kier alpha value is -0.670. The Balaban J connectivity index is 2.72. The van der Waals surface area contributed by atoms with Crippen LogP contribution in [0.15, 0.2) is 17.5 Å². The van der Waals surface area contributed by atoms with Crippen LogP contribution in [0.1, 0.15) is 16.6 Å². The Labute approximate surface area is 76.8 Å². The Morgan fingerprint density at radius 1 is 1.58 bits per heavy atom. The molecule has 0 saturated heterocycles. The van der Waals surface area contributed by atoms with E-state index in [1.807, 2.05) is 43.4 Å². The van der Waals surface area contributed by atoms with Crippen molar-refractivity contribution in [3.05, 3.63) is 22.4 Å². The van der Waals surface area contributed by atoms with Crippen molar-refractivity contribution in [2.24, 2.45) is 0 Å². The first-order valence-corrected chi connectivity index (χ1v) is 4.75. The molecule has 1 atom stereocenters. The van der Waals surface area contributed by atoms with E-state index in [0.717, 1.165) is 4.88 Å². The average Bonchev–Trinajstić information content (AvgIpc) is 2.53. The zero-order chi connectivity index (χ0) is 9.14. The molecule has 0 N–H and O–H groups in total. The number of likely N-dealkylation sites (N-methyl/N-ethyl adjacent to an activating group) is 1. The summed E-state index contributed by atoms with van der Waals surface area (Å²) in [7, 11) is 3.83. The van der Waals surface area contributed by atoms with E-state index in [4.69, 9.17) is 0 Å². The molecular formula is C9H13NOS. The molecule has 0 bridgehead atoms. The number of hydrogen-bond acceptors (Lipinski definition) is 3. The quantitative estimate of drug-likeness (QED) is 0.667. The predicted molar refractivity (Wildman–Crippen MR) is 51.8 cm³/mol. The second-order valence-electron chi connectivity index (χ2n) is 2.98. The Morgan fingerprint density at radius 2 is 2.25 bits per heavy atom. The monoisotopic (exact) mass is 183 g/mol. The molecule has 1 heterocycles. The molecule has 1 unspecified atom stereocenters. The molecule has 2 nitrogen and oxygen atoms in total. The number of hydrogen-bond donors (Lipinski definition) is 0. The summed E-state index contributed by atoms with van der Waals surface area (Å²) < 4.78 is 0. The molecule has 0 aliphatic heterocycles. The van der Waals surface area contributed by atoms with Crippen molar-refractivity contribution in [3.8, 4) is 0 Å². The second kappa shape index (κ2) is 3.83. The minimum atomic E-state index is -0.0244. The van der Waals surface area contributed by atoms with Crippen LogP contribution in [0.4, 0.5) is 0 Å². The SMILES string of the molecule is CC(C(=O)c1cccs1)N(C)C. The molecule has 0 radical (unpaired) electrons. The van der Waals surface area contributed by atoms with Crippen LogP contribution in [0.2, 0.25) is 0 Å². The first kappa shape index (κ1) is 9.42. The summed E-state index contributed by atoms with van der Waals surface area (Å²) in [6.07, 6.45) is 0. The minimum Gasteiger partial charge on any atom is -0.300 e. The molecule has 0 spiro atoms. The molecule has 0 fully saturated rings. The van der Waals surface area contributed by atoms with Crippen molar-refractivity contribution in [3.63, 3.8) is 0 Å². The Kier molecular flexibility index (Phi) is 3.00. The molecule has 0 aromatic carbocycles. The Morgan fingerprint density at radius 3 is 2.67 bits per heavy atom. The standard InChI is InChI=1S/C9H13NOS/c1-7(10(2)3)9(11)8-5-4-6-12-8/h4-7H,1-3H3. The van der Waals surface area contributed by atoms with Crippen LogP contribution in [0.3, 0.4) is 0 Å². The third kappa shape index (κ3) is 1.93. The van der Waals surface area contributed by atoms with E-state index in [9.17, 15) is 4.79 Å². The molecule has 66 valence electrons. The average molecular weight is 183 g/mol. The van der Waals surface area contributed by atoms with E-state index in [1.165, 1.54) is 11.3 Å². The lowest BCUT2D eigenvalue weighted by molar-refractivity contribution is 0.0895. The van der Waals surface area contributed by atoms with Gasteiger partial charge in [-0.25, -0.2) is 0 Å². The fraction of sp³-hybridized carbons (Fsp3) is 0.444. The highest BCUT2D eigenvalue weighted by Gasteiger charge is 2.17. The number of Topliss-reactive ketones (excluding diaryl/α,β-unsaturated/α-hetero) is 1. The van der Waals surface area contributed by atoms with Gasteiger partial charge in [-0.1, -0.05) is 6.07 Å². The number of carbonyl (C=O) groups excluding carboxylic acids is 1. The first-order valence-electron chi connectivity index (χ1n) is 3.87. The van der Waals surface area contributed by atoms with Gasteiger partial charge >= 0.3 is 0 Å². The normalized spacial score (nSPS) is 13.3.